The number of hydrogen-bond donors (Lipinski definition) is 1. The van der Waals surface area contributed by atoms with Gasteiger partial charge in [-0.3, -0.25) is 4.79 Å². The molecule has 0 bridgehead atoms. The number of hydrogen-bond acceptors (Lipinski definition) is 5. The van der Waals surface area contributed by atoms with Gasteiger partial charge < -0.3 is 10.1 Å². The maximum Gasteiger partial charge on any atom is 0.417 e. The van der Waals surface area contributed by atoms with Gasteiger partial charge in [0.1, 0.15) is 5.75 Å². The van der Waals surface area contributed by atoms with Crippen LogP contribution in [0.15, 0.2) is 36.7 Å². The SMILES string of the molecule is N#Cc1ccc(OC2CC3CC(NC(=O)c4ncccn4)CC3C2)cc1C(F)(F)F. The number of rotatable bonds is 4. The summed E-state index contributed by atoms with van der Waals surface area (Å²) in [5.74, 6) is 0.648. The van der Waals surface area contributed by atoms with Crippen LogP contribution in [0.3, 0.4) is 0 Å². The summed E-state index contributed by atoms with van der Waals surface area (Å²) in [6.07, 6.45) is 1.28. The highest BCUT2D eigenvalue weighted by Crippen LogP contribution is 2.45. The van der Waals surface area contributed by atoms with Crippen molar-refractivity contribution in [1.29, 1.82) is 5.26 Å². The lowest BCUT2D eigenvalue weighted by atomic mass is 10.0. The predicted octanol–water partition coefficient (Wildman–Crippen LogP) is 3.73. The monoisotopic (exact) mass is 416 g/mol. The van der Waals surface area contributed by atoms with Gasteiger partial charge in [0.25, 0.3) is 5.91 Å². The number of nitrogens with one attached hydrogen (secondary N) is 1. The molecule has 6 nitrogen and oxygen atoms in total. The molecule has 2 aromatic rings. The lowest BCUT2D eigenvalue weighted by Crippen LogP contribution is -2.34. The molecule has 0 spiro atoms. The minimum atomic E-state index is -4.61. The summed E-state index contributed by atoms with van der Waals surface area (Å²) in [5.41, 5.74) is -1.40. The second-order valence-corrected chi connectivity index (χ2v) is 7.76. The molecule has 30 heavy (non-hydrogen) atoms. The van der Waals surface area contributed by atoms with Crippen LogP contribution in [0.25, 0.3) is 0 Å². The Morgan fingerprint density at radius 2 is 1.80 bits per heavy atom. The van der Waals surface area contributed by atoms with Crippen LogP contribution in [0.5, 0.6) is 5.75 Å². The van der Waals surface area contributed by atoms with E-state index in [1.54, 1.807) is 12.1 Å². The molecule has 2 unspecified atom stereocenters. The lowest BCUT2D eigenvalue weighted by molar-refractivity contribution is -0.137. The Morgan fingerprint density at radius 3 is 2.40 bits per heavy atom. The number of nitrogens with zero attached hydrogens (tertiary/aromatic N) is 3. The Bertz CT molecular complexity index is 960. The standard InChI is InChI=1S/C21H19F3N4O2/c22-21(23,24)18-10-16(3-2-12(18)11-25)30-17-8-13-6-15(7-14(13)9-17)28-20(29)19-26-4-1-5-27-19/h1-5,10,13-15,17H,6-9H2,(H,28,29). The predicted molar refractivity (Wildman–Crippen MR) is 99.3 cm³/mol. The van der Waals surface area contributed by atoms with E-state index in [0.717, 1.165) is 37.8 Å². The highest BCUT2D eigenvalue weighted by atomic mass is 19.4. The van der Waals surface area contributed by atoms with Crippen LogP contribution in [0, 0.1) is 23.2 Å². The molecule has 1 aromatic heterocycles. The molecule has 1 aromatic carbocycles. The van der Waals surface area contributed by atoms with E-state index in [2.05, 4.69) is 15.3 Å². The van der Waals surface area contributed by atoms with Crippen LogP contribution in [-0.2, 0) is 6.18 Å². The third kappa shape index (κ3) is 4.22. The third-order valence-electron chi connectivity index (χ3n) is 5.80. The van der Waals surface area contributed by atoms with Crippen LogP contribution >= 0.6 is 0 Å². The Kier molecular flexibility index (Phi) is 5.33. The van der Waals surface area contributed by atoms with Gasteiger partial charge in [-0.15, -0.1) is 0 Å². The molecule has 1 amide bonds. The number of carbonyl (C=O) groups is 1. The number of aromatic nitrogens is 2. The minimum Gasteiger partial charge on any atom is -0.490 e. The van der Waals surface area contributed by atoms with Gasteiger partial charge in [0.2, 0.25) is 5.82 Å². The van der Waals surface area contributed by atoms with E-state index in [4.69, 9.17) is 10.00 Å². The summed E-state index contributed by atoms with van der Waals surface area (Å²) < 4.78 is 45.2. The Hall–Kier alpha value is -3.15. The van der Waals surface area contributed by atoms with Gasteiger partial charge in [-0.2, -0.15) is 18.4 Å². The van der Waals surface area contributed by atoms with Crippen molar-refractivity contribution in [2.75, 3.05) is 0 Å². The van der Waals surface area contributed by atoms with Crippen molar-refractivity contribution >= 4 is 5.91 Å². The first-order valence-electron chi connectivity index (χ1n) is 9.69. The number of benzene rings is 1. The molecule has 2 saturated carbocycles. The fourth-order valence-corrected chi connectivity index (χ4v) is 4.56. The maximum absolute atomic E-state index is 13.1. The van der Waals surface area contributed by atoms with E-state index in [0.29, 0.717) is 11.8 Å². The summed E-state index contributed by atoms with van der Waals surface area (Å²) in [6.45, 7) is 0. The molecule has 2 fully saturated rings. The summed E-state index contributed by atoms with van der Waals surface area (Å²) in [5, 5.41) is 11.9. The molecular formula is C21H19F3N4O2. The van der Waals surface area contributed by atoms with Crippen LogP contribution in [0.2, 0.25) is 0 Å². The zero-order valence-corrected chi connectivity index (χ0v) is 15.9. The minimum absolute atomic E-state index is 0.0315. The zero-order valence-electron chi connectivity index (χ0n) is 15.9. The normalized spacial score (nSPS) is 25.4. The summed E-state index contributed by atoms with van der Waals surface area (Å²) >= 11 is 0. The number of halogens is 3. The lowest BCUT2D eigenvalue weighted by Gasteiger charge is -2.18. The molecule has 2 aliphatic rings. The van der Waals surface area contributed by atoms with E-state index in [1.165, 1.54) is 18.5 Å². The van der Waals surface area contributed by atoms with Gasteiger partial charge in [0.15, 0.2) is 0 Å². The highest BCUT2D eigenvalue weighted by molar-refractivity contribution is 5.90. The maximum atomic E-state index is 13.1. The van der Waals surface area contributed by atoms with Gasteiger partial charge >= 0.3 is 6.18 Å². The largest absolute Gasteiger partial charge is 0.490 e. The van der Waals surface area contributed by atoms with Crippen LogP contribution in [0.4, 0.5) is 13.2 Å². The van der Waals surface area contributed by atoms with Crippen molar-refractivity contribution < 1.29 is 22.7 Å². The topological polar surface area (TPSA) is 87.9 Å². The fourth-order valence-electron chi connectivity index (χ4n) is 4.56. The molecule has 2 atom stereocenters. The molecular weight excluding hydrogens is 397 g/mol. The first-order valence-corrected chi connectivity index (χ1v) is 9.69. The average Bonchev–Trinajstić information content (AvgIpc) is 3.25. The molecule has 0 radical (unpaired) electrons. The number of amides is 1. The summed E-state index contributed by atoms with van der Waals surface area (Å²) in [6, 6.07) is 6.69. The van der Waals surface area contributed by atoms with Gasteiger partial charge in [-0.25, -0.2) is 9.97 Å². The Labute approximate surface area is 171 Å². The average molecular weight is 416 g/mol. The molecule has 156 valence electrons. The zero-order chi connectivity index (χ0) is 21.3. The van der Waals surface area contributed by atoms with E-state index < -0.39 is 17.3 Å². The quantitative estimate of drug-likeness (QED) is 0.821. The van der Waals surface area contributed by atoms with Gasteiger partial charge in [0.05, 0.1) is 23.3 Å². The first kappa shape index (κ1) is 20.1. The van der Waals surface area contributed by atoms with Crippen molar-refractivity contribution in [2.45, 2.75) is 44.0 Å². The van der Waals surface area contributed by atoms with Crippen molar-refractivity contribution in [3.63, 3.8) is 0 Å². The number of alkyl halides is 3. The van der Waals surface area contributed by atoms with Gasteiger partial charge in [-0.1, -0.05) is 0 Å². The number of nitriles is 1. The molecule has 0 saturated heterocycles. The van der Waals surface area contributed by atoms with E-state index >= 15 is 0 Å². The molecule has 4 rings (SSSR count). The molecule has 2 aliphatic carbocycles. The molecule has 9 heteroatoms. The Morgan fingerprint density at radius 1 is 1.13 bits per heavy atom. The van der Waals surface area contributed by atoms with Crippen molar-refractivity contribution in [3.05, 3.63) is 53.6 Å². The smallest absolute Gasteiger partial charge is 0.417 e. The summed E-state index contributed by atoms with van der Waals surface area (Å²) in [4.78, 5) is 20.1. The number of fused-ring (bicyclic) bond motifs is 1. The van der Waals surface area contributed by atoms with Gasteiger partial charge in [-0.05, 0) is 61.8 Å². The van der Waals surface area contributed by atoms with E-state index in [9.17, 15) is 18.0 Å². The second kappa shape index (κ2) is 7.94. The first-order chi connectivity index (χ1) is 14.3. The fraction of sp³-hybridized carbons (Fsp3) is 0.429. The molecule has 1 heterocycles. The van der Waals surface area contributed by atoms with Gasteiger partial charge in [0, 0.05) is 18.4 Å². The summed E-state index contributed by atoms with van der Waals surface area (Å²) in [7, 11) is 0. The Balaban J connectivity index is 1.34. The molecule has 0 aliphatic heterocycles. The second-order valence-electron chi connectivity index (χ2n) is 7.76. The van der Waals surface area contributed by atoms with E-state index in [-0.39, 0.29) is 29.6 Å². The third-order valence-corrected chi connectivity index (χ3v) is 5.80. The van der Waals surface area contributed by atoms with Crippen LogP contribution in [0.1, 0.15) is 47.4 Å². The number of ether oxygens (including phenoxy) is 1. The van der Waals surface area contributed by atoms with Crippen LogP contribution in [-0.4, -0.2) is 28.0 Å². The van der Waals surface area contributed by atoms with Crippen molar-refractivity contribution in [2.24, 2.45) is 11.8 Å². The van der Waals surface area contributed by atoms with Crippen molar-refractivity contribution in [1.82, 2.24) is 15.3 Å². The van der Waals surface area contributed by atoms with E-state index in [1.807, 2.05) is 0 Å². The molecule has 1 N–H and O–H groups in total. The number of carbonyl (C=O) groups excluding carboxylic acids is 1. The van der Waals surface area contributed by atoms with Crippen LogP contribution < -0.4 is 10.1 Å². The van der Waals surface area contributed by atoms with Crippen molar-refractivity contribution in [3.8, 4) is 11.8 Å². The highest BCUT2D eigenvalue weighted by Gasteiger charge is 2.43.